The normalized spacial score (nSPS) is 10.6. The summed E-state index contributed by atoms with van der Waals surface area (Å²) in [5.74, 6) is -0.394. The van der Waals surface area contributed by atoms with E-state index in [-0.39, 0.29) is 0 Å². The van der Waals surface area contributed by atoms with Gasteiger partial charge in [-0.1, -0.05) is 12.1 Å². The number of benzene rings is 1. The Morgan fingerprint density at radius 2 is 1.93 bits per heavy atom. The van der Waals surface area contributed by atoms with Crippen LogP contribution in [0.1, 0.15) is 5.56 Å². The van der Waals surface area contributed by atoms with Crippen LogP contribution in [0.25, 0.3) is 0 Å². The second-order valence-electron chi connectivity index (χ2n) is 2.60. The molecule has 0 spiro atoms. The molecule has 0 fully saturated rings. The average Bonchev–Trinajstić information content (AvgIpc) is 2.06. The molecule has 1 aromatic carbocycles. The Bertz CT molecular complexity index is 458. The summed E-state index contributed by atoms with van der Waals surface area (Å²) < 4.78 is 29.6. The topological polar surface area (TPSA) is 66.7 Å². The van der Waals surface area contributed by atoms with E-state index in [4.69, 9.17) is 4.55 Å². The summed E-state index contributed by atoms with van der Waals surface area (Å²) in [6, 6.07) is 6.30. The first-order valence-corrected chi connectivity index (χ1v) is 5.65. The van der Waals surface area contributed by atoms with E-state index in [9.17, 15) is 8.42 Å². The minimum Gasteiger partial charge on any atom is -0.285 e. The van der Waals surface area contributed by atoms with Gasteiger partial charge in [0.25, 0.3) is 10.1 Å². The molecule has 6 heteroatoms. The highest BCUT2D eigenvalue weighted by Crippen LogP contribution is 2.13. The molecule has 1 aromatic rings. The van der Waals surface area contributed by atoms with E-state index >= 15 is 0 Å². The molecular formula is C8H7NO3S2. The lowest BCUT2D eigenvalue weighted by Gasteiger charge is -1.97. The average molecular weight is 229 g/mol. The van der Waals surface area contributed by atoms with E-state index in [0.29, 0.717) is 11.3 Å². The van der Waals surface area contributed by atoms with Crippen LogP contribution in [0.4, 0.5) is 5.69 Å². The summed E-state index contributed by atoms with van der Waals surface area (Å²) in [6.07, 6.45) is 0. The zero-order valence-corrected chi connectivity index (χ0v) is 8.68. The molecule has 0 atom stereocenters. The predicted octanol–water partition coefficient (Wildman–Crippen LogP) is 1.81. The van der Waals surface area contributed by atoms with Crippen LogP contribution >= 0.6 is 12.2 Å². The predicted molar refractivity (Wildman–Crippen MR) is 56.4 cm³/mol. The van der Waals surface area contributed by atoms with Gasteiger partial charge < -0.3 is 0 Å². The molecule has 74 valence electrons. The van der Waals surface area contributed by atoms with Gasteiger partial charge >= 0.3 is 0 Å². The monoisotopic (exact) mass is 229 g/mol. The maximum absolute atomic E-state index is 10.5. The largest absolute Gasteiger partial charge is 0.285 e. The van der Waals surface area contributed by atoms with Gasteiger partial charge in [0.15, 0.2) is 0 Å². The molecule has 0 amide bonds. The number of thiocarbonyl (C=S) groups is 1. The fourth-order valence-corrected chi connectivity index (χ4v) is 1.65. The minimum atomic E-state index is -3.97. The third kappa shape index (κ3) is 3.76. The molecule has 0 radical (unpaired) electrons. The smallest absolute Gasteiger partial charge is 0.269 e. The van der Waals surface area contributed by atoms with Gasteiger partial charge in [-0.05, 0) is 29.9 Å². The van der Waals surface area contributed by atoms with Crippen molar-refractivity contribution in [2.24, 2.45) is 4.99 Å². The van der Waals surface area contributed by atoms with Crippen LogP contribution in [0.5, 0.6) is 0 Å². The zero-order chi connectivity index (χ0) is 10.6. The molecule has 0 unspecified atom stereocenters. The molecular weight excluding hydrogens is 222 g/mol. The third-order valence-electron chi connectivity index (χ3n) is 1.46. The standard InChI is InChI=1S/C8H7NO3S2/c10-14(11,12)5-7-1-3-8(4-2-7)9-6-13/h1-4H,5H2,(H,10,11,12). The van der Waals surface area contributed by atoms with Crippen molar-refractivity contribution in [3.05, 3.63) is 29.8 Å². The second-order valence-corrected chi connectivity index (χ2v) is 4.23. The summed E-state index contributed by atoms with van der Waals surface area (Å²) in [7, 11) is -3.97. The SMILES string of the molecule is O=S(=O)(O)Cc1ccc(N=C=S)cc1. The molecule has 0 saturated carbocycles. The van der Waals surface area contributed by atoms with Crippen LogP contribution in [0, 0.1) is 0 Å². The van der Waals surface area contributed by atoms with Gasteiger partial charge in [0, 0.05) is 0 Å². The molecule has 4 nitrogen and oxygen atoms in total. The molecule has 14 heavy (non-hydrogen) atoms. The van der Waals surface area contributed by atoms with Gasteiger partial charge in [-0.3, -0.25) is 4.55 Å². The van der Waals surface area contributed by atoms with Crippen molar-refractivity contribution < 1.29 is 13.0 Å². The lowest BCUT2D eigenvalue weighted by molar-refractivity contribution is 0.482. The maximum Gasteiger partial charge on any atom is 0.269 e. The van der Waals surface area contributed by atoms with E-state index < -0.39 is 15.9 Å². The van der Waals surface area contributed by atoms with E-state index in [2.05, 4.69) is 22.4 Å². The highest BCUT2D eigenvalue weighted by atomic mass is 32.2. The van der Waals surface area contributed by atoms with Crippen LogP contribution in [-0.2, 0) is 15.9 Å². The molecule has 0 aliphatic rings. The molecule has 0 saturated heterocycles. The van der Waals surface area contributed by atoms with Crippen molar-refractivity contribution in [1.82, 2.24) is 0 Å². The second kappa shape index (κ2) is 4.43. The first kappa shape index (κ1) is 11.0. The third-order valence-corrected chi connectivity index (χ3v) is 2.25. The molecule has 1 N–H and O–H groups in total. The van der Waals surface area contributed by atoms with Crippen LogP contribution in [-0.4, -0.2) is 18.1 Å². The fourth-order valence-electron chi connectivity index (χ4n) is 0.930. The molecule has 0 aliphatic heterocycles. The number of hydrogen-bond acceptors (Lipinski definition) is 4. The van der Waals surface area contributed by atoms with Gasteiger partial charge in [0.2, 0.25) is 0 Å². The van der Waals surface area contributed by atoms with E-state index in [1.165, 1.54) is 0 Å². The Morgan fingerprint density at radius 1 is 1.36 bits per heavy atom. The first-order valence-electron chi connectivity index (χ1n) is 3.63. The quantitative estimate of drug-likeness (QED) is 0.487. The van der Waals surface area contributed by atoms with Crippen molar-refractivity contribution in [1.29, 1.82) is 0 Å². The summed E-state index contributed by atoms with van der Waals surface area (Å²) in [5.41, 5.74) is 1.09. The lowest BCUT2D eigenvalue weighted by atomic mass is 10.2. The van der Waals surface area contributed by atoms with Gasteiger partial charge in [-0.25, -0.2) is 0 Å². The maximum atomic E-state index is 10.5. The summed E-state index contributed by atoms with van der Waals surface area (Å²) in [6.45, 7) is 0. The highest BCUT2D eigenvalue weighted by Gasteiger charge is 2.05. The van der Waals surface area contributed by atoms with Crippen molar-refractivity contribution in [2.45, 2.75) is 5.75 Å². The number of hydrogen-bond donors (Lipinski definition) is 1. The molecule has 1 rings (SSSR count). The molecule has 0 aliphatic carbocycles. The Kier molecular flexibility index (Phi) is 3.49. The van der Waals surface area contributed by atoms with Gasteiger partial charge in [0.05, 0.1) is 10.8 Å². The molecule has 0 aromatic heterocycles. The lowest BCUT2D eigenvalue weighted by Crippen LogP contribution is -2.00. The van der Waals surface area contributed by atoms with E-state index in [0.717, 1.165) is 0 Å². The van der Waals surface area contributed by atoms with Crippen LogP contribution in [0.3, 0.4) is 0 Å². The Morgan fingerprint density at radius 3 is 2.36 bits per heavy atom. The Balaban J connectivity index is 2.89. The summed E-state index contributed by atoms with van der Waals surface area (Å²) in [4.78, 5) is 3.70. The number of aliphatic imine (C=N–C) groups is 1. The number of rotatable bonds is 3. The van der Waals surface area contributed by atoms with Crippen LogP contribution in [0.2, 0.25) is 0 Å². The van der Waals surface area contributed by atoms with Crippen molar-refractivity contribution >= 4 is 33.2 Å². The van der Waals surface area contributed by atoms with Crippen molar-refractivity contribution in [3.8, 4) is 0 Å². The Hall–Kier alpha value is -1.07. The van der Waals surface area contributed by atoms with Gasteiger partial charge in [0.1, 0.15) is 5.75 Å². The highest BCUT2D eigenvalue weighted by molar-refractivity contribution is 7.85. The number of nitrogens with zero attached hydrogens (tertiary/aromatic N) is 1. The molecule has 0 bridgehead atoms. The zero-order valence-electron chi connectivity index (χ0n) is 7.04. The summed E-state index contributed by atoms with van der Waals surface area (Å²) in [5, 5.41) is 2.19. The minimum absolute atomic E-state index is 0.394. The summed E-state index contributed by atoms with van der Waals surface area (Å²) >= 11 is 4.40. The van der Waals surface area contributed by atoms with E-state index in [1.54, 1.807) is 24.3 Å². The number of isothiocyanates is 1. The fraction of sp³-hybridized carbons (Fsp3) is 0.125. The van der Waals surface area contributed by atoms with E-state index in [1.807, 2.05) is 0 Å². The van der Waals surface area contributed by atoms with Crippen LogP contribution < -0.4 is 0 Å². The Labute approximate surface area is 87.0 Å². The van der Waals surface area contributed by atoms with Gasteiger partial charge in [-0.15, -0.1) is 0 Å². The van der Waals surface area contributed by atoms with Gasteiger partial charge in [-0.2, -0.15) is 13.4 Å². The van der Waals surface area contributed by atoms with Crippen molar-refractivity contribution in [2.75, 3.05) is 0 Å². The van der Waals surface area contributed by atoms with Crippen LogP contribution in [0.15, 0.2) is 29.3 Å². The first-order chi connectivity index (χ1) is 6.51. The van der Waals surface area contributed by atoms with Crippen molar-refractivity contribution in [3.63, 3.8) is 0 Å². The molecule has 0 heterocycles.